The Morgan fingerprint density at radius 1 is 1.38 bits per heavy atom. The minimum atomic E-state index is -0.434. The molecule has 0 spiro atoms. The van der Waals surface area contributed by atoms with Crippen LogP contribution in [0.4, 0.5) is 11.5 Å². The van der Waals surface area contributed by atoms with Crippen LogP contribution in [0.15, 0.2) is 11.4 Å². The van der Waals surface area contributed by atoms with Crippen molar-refractivity contribution in [3.05, 3.63) is 17.0 Å². The van der Waals surface area contributed by atoms with Crippen molar-refractivity contribution in [2.75, 3.05) is 36.8 Å². The first-order valence-electron chi connectivity index (χ1n) is 8.47. The van der Waals surface area contributed by atoms with Gasteiger partial charge < -0.3 is 21.3 Å². The van der Waals surface area contributed by atoms with Gasteiger partial charge in [0.05, 0.1) is 11.7 Å². The number of nitrogen functional groups attached to an aromatic ring is 1. The van der Waals surface area contributed by atoms with E-state index in [2.05, 4.69) is 17.9 Å². The van der Waals surface area contributed by atoms with Gasteiger partial charge in [-0.2, -0.15) is 0 Å². The van der Waals surface area contributed by atoms with Crippen LogP contribution in [0.5, 0.6) is 0 Å². The van der Waals surface area contributed by atoms with Crippen molar-refractivity contribution in [2.45, 2.75) is 32.7 Å². The molecule has 3 rings (SSSR count). The molecule has 1 atom stereocenters. The Morgan fingerprint density at radius 3 is 2.71 bits per heavy atom. The SMILES string of the molecule is CCCc1cc(N2CCN(C(=O)[C@H](C)N)CC2)nc2scc(N)c12. The standard InChI is InChI=1S/C17H25N5OS/c1-3-4-12-9-14(20-16-15(12)13(19)10-24-16)21-5-7-22(8-6-21)17(23)11(2)18/h9-11H,3-8,18-19H2,1-2H3/t11-/m0/s1. The molecule has 0 bridgehead atoms. The van der Waals surface area contributed by atoms with Crippen LogP contribution in [0.1, 0.15) is 25.8 Å². The van der Waals surface area contributed by atoms with Crippen molar-refractivity contribution >= 4 is 39.0 Å². The molecule has 1 amide bonds. The van der Waals surface area contributed by atoms with Gasteiger partial charge in [-0.05, 0) is 25.0 Å². The first-order chi connectivity index (χ1) is 11.5. The molecule has 0 aliphatic carbocycles. The summed E-state index contributed by atoms with van der Waals surface area (Å²) in [6.07, 6.45) is 2.07. The largest absolute Gasteiger partial charge is 0.397 e. The number of nitrogens with two attached hydrogens (primary N) is 2. The molecule has 0 aromatic carbocycles. The van der Waals surface area contributed by atoms with Gasteiger partial charge in [-0.1, -0.05) is 13.3 Å². The molecule has 24 heavy (non-hydrogen) atoms. The van der Waals surface area contributed by atoms with Crippen molar-refractivity contribution in [3.8, 4) is 0 Å². The zero-order valence-electron chi connectivity index (χ0n) is 14.3. The molecule has 6 nitrogen and oxygen atoms in total. The number of pyridine rings is 1. The number of aromatic nitrogens is 1. The highest BCUT2D eigenvalue weighted by molar-refractivity contribution is 7.17. The van der Waals surface area contributed by atoms with Crippen LogP contribution in [0.25, 0.3) is 10.2 Å². The molecule has 4 N–H and O–H groups in total. The lowest BCUT2D eigenvalue weighted by molar-refractivity contribution is -0.132. The molecule has 1 aliphatic heterocycles. The van der Waals surface area contributed by atoms with E-state index >= 15 is 0 Å². The number of amides is 1. The Morgan fingerprint density at radius 2 is 2.08 bits per heavy atom. The molecule has 3 heterocycles. The van der Waals surface area contributed by atoms with Gasteiger partial charge in [-0.15, -0.1) is 11.3 Å². The number of nitrogens with zero attached hydrogens (tertiary/aromatic N) is 3. The highest BCUT2D eigenvalue weighted by Crippen LogP contribution is 2.33. The average molecular weight is 347 g/mol. The quantitative estimate of drug-likeness (QED) is 0.881. The summed E-state index contributed by atoms with van der Waals surface area (Å²) in [7, 11) is 0. The molecule has 1 aliphatic rings. The lowest BCUT2D eigenvalue weighted by atomic mass is 10.1. The molecule has 7 heteroatoms. The van der Waals surface area contributed by atoms with Crippen molar-refractivity contribution in [1.29, 1.82) is 0 Å². The third-order valence-electron chi connectivity index (χ3n) is 4.46. The number of thiophene rings is 1. The second kappa shape index (κ2) is 6.94. The summed E-state index contributed by atoms with van der Waals surface area (Å²) in [6, 6.07) is 1.73. The van der Waals surface area contributed by atoms with E-state index in [1.54, 1.807) is 18.3 Å². The number of piperazine rings is 1. The maximum absolute atomic E-state index is 12.0. The van der Waals surface area contributed by atoms with E-state index in [1.807, 2.05) is 10.3 Å². The molecule has 2 aromatic heterocycles. The summed E-state index contributed by atoms with van der Waals surface area (Å²) in [5.41, 5.74) is 13.9. The Balaban J connectivity index is 1.82. The lowest BCUT2D eigenvalue weighted by Gasteiger charge is -2.36. The lowest BCUT2D eigenvalue weighted by Crippen LogP contribution is -2.52. The van der Waals surface area contributed by atoms with Gasteiger partial charge in [-0.3, -0.25) is 4.79 Å². The van der Waals surface area contributed by atoms with Crippen LogP contribution in [-0.2, 0) is 11.2 Å². The monoisotopic (exact) mass is 347 g/mol. The van der Waals surface area contributed by atoms with E-state index in [0.29, 0.717) is 13.1 Å². The molecule has 0 saturated carbocycles. The van der Waals surface area contributed by atoms with Crippen LogP contribution < -0.4 is 16.4 Å². The van der Waals surface area contributed by atoms with Gasteiger partial charge in [0.1, 0.15) is 10.6 Å². The predicted molar refractivity (Wildman–Crippen MR) is 100 cm³/mol. The normalized spacial score (nSPS) is 16.6. The zero-order chi connectivity index (χ0) is 17.3. The van der Waals surface area contributed by atoms with Crippen LogP contribution in [0.3, 0.4) is 0 Å². The summed E-state index contributed by atoms with van der Waals surface area (Å²) in [4.78, 5) is 21.9. The van der Waals surface area contributed by atoms with E-state index in [9.17, 15) is 4.79 Å². The van der Waals surface area contributed by atoms with Crippen LogP contribution >= 0.6 is 11.3 Å². The molecule has 2 aromatic rings. The van der Waals surface area contributed by atoms with Crippen molar-refractivity contribution in [1.82, 2.24) is 9.88 Å². The molecular weight excluding hydrogens is 322 g/mol. The minimum absolute atomic E-state index is 0.0239. The molecular formula is C17H25N5OS. The average Bonchev–Trinajstić information content (AvgIpc) is 2.96. The first kappa shape index (κ1) is 17.0. The Labute approximate surface area is 146 Å². The number of carbonyl (C=O) groups excluding carboxylic acids is 1. The summed E-state index contributed by atoms with van der Waals surface area (Å²) < 4.78 is 0. The van der Waals surface area contributed by atoms with Crippen LogP contribution in [-0.4, -0.2) is 48.0 Å². The maximum atomic E-state index is 12.0. The Hall–Kier alpha value is -1.86. The smallest absolute Gasteiger partial charge is 0.239 e. The number of hydrogen-bond acceptors (Lipinski definition) is 6. The summed E-state index contributed by atoms with van der Waals surface area (Å²) >= 11 is 1.60. The topological polar surface area (TPSA) is 88.5 Å². The summed E-state index contributed by atoms with van der Waals surface area (Å²) in [5, 5.41) is 3.08. The fourth-order valence-electron chi connectivity index (χ4n) is 3.20. The highest BCUT2D eigenvalue weighted by atomic mass is 32.1. The number of anilines is 2. The third kappa shape index (κ3) is 3.18. The highest BCUT2D eigenvalue weighted by Gasteiger charge is 2.24. The fourth-order valence-corrected chi connectivity index (χ4v) is 4.07. The molecule has 1 saturated heterocycles. The summed E-state index contributed by atoms with van der Waals surface area (Å²) in [5.74, 6) is 1.01. The van der Waals surface area contributed by atoms with Gasteiger partial charge >= 0.3 is 0 Å². The summed E-state index contributed by atoms with van der Waals surface area (Å²) in [6.45, 7) is 6.85. The second-order valence-corrected chi connectivity index (χ2v) is 7.22. The van der Waals surface area contributed by atoms with Crippen LogP contribution in [0.2, 0.25) is 0 Å². The van der Waals surface area contributed by atoms with Crippen molar-refractivity contribution in [3.63, 3.8) is 0 Å². The fraction of sp³-hybridized carbons (Fsp3) is 0.529. The number of aryl methyl sites for hydroxylation is 1. The Bertz CT molecular complexity index is 734. The number of fused-ring (bicyclic) bond motifs is 1. The van der Waals surface area contributed by atoms with Gasteiger partial charge in [0.2, 0.25) is 5.91 Å². The minimum Gasteiger partial charge on any atom is -0.397 e. The predicted octanol–water partition coefficient (Wildman–Crippen LogP) is 1.83. The number of rotatable bonds is 4. The van der Waals surface area contributed by atoms with Gasteiger partial charge in [0, 0.05) is 36.9 Å². The third-order valence-corrected chi connectivity index (χ3v) is 5.36. The molecule has 0 radical (unpaired) electrons. The maximum Gasteiger partial charge on any atom is 0.239 e. The van der Waals surface area contributed by atoms with E-state index in [4.69, 9.17) is 16.5 Å². The zero-order valence-corrected chi connectivity index (χ0v) is 15.1. The molecule has 130 valence electrons. The van der Waals surface area contributed by atoms with E-state index in [0.717, 1.165) is 47.7 Å². The van der Waals surface area contributed by atoms with E-state index < -0.39 is 6.04 Å². The first-order valence-corrected chi connectivity index (χ1v) is 9.35. The van der Waals surface area contributed by atoms with Gasteiger partial charge in [-0.25, -0.2) is 4.98 Å². The van der Waals surface area contributed by atoms with E-state index in [-0.39, 0.29) is 5.91 Å². The van der Waals surface area contributed by atoms with E-state index in [1.165, 1.54) is 5.56 Å². The second-order valence-electron chi connectivity index (χ2n) is 6.36. The van der Waals surface area contributed by atoms with Gasteiger partial charge in [0.15, 0.2) is 0 Å². The molecule has 1 fully saturated rings. The Kier molecular flexibility index (Phi) is 4.91. The van der Waals surface area contributed by atoms with Gasteiger partial charge in [0.25, 0.3) is 0 Å². The van der Waals surface area contributed by atoms with Crippen molar-refractivity contribution in [2.24, 2.45) is 5.73 Å². The number of carbonyl (C=O) groups is 1. The molecule has 0 unspecified atom stereocenters. The van der Waals surface area contributed by atoms with Crippen LogP contribution in [0, 0.1) is 0 Å². The number of hydrogen-bond donors (Lipinski definition) is 2. The van der Waals surface area contributed by atoms with Crippen molar-refractivity contribution < 1.29 is 4.79 Å².